The van der Waals surface area contributed by atoms with Crippen LogP contribution in [0.4, 0.5) is 0 Å². The van der Waals surface area contributed by atoms with E-state index in [0.717, 1.165) is 25.9 Å². The van der Waals surface area contributed by atoms with Gasteiger partial charge in [0.2, 0.25) is 5.91 Å². The largest absolute Gasteiger partial charge is 0.337 e. The van der Waals surface area contributed by atoms with E-state index in [-0.39, 0.29) is 18.0 Å². The minimum Gasteiger partial charge on any atom is -0.337 e. The average Bonchev–Trinajstić information content (AvgIpc) is 2.37. The number of nitrogens with one attached hydrogen (secondary N) is 1. The average molecular weight is 283 g/mol. The summed E-state index contributed by atoms with van der Waals surface area (Å²) in [6.07, 6.45) is 2.22. The Morgan fingerprint density at radius 1 is 1.20 bits per heavy atom. The molecule has 1 amide bonds. The molecule has 0 aliphatic carbocycles. The van der Waals surface area contributed by atoms with Crippen LogP contribution < -0.4 is 5.32 Å². The molecule has 0 spiro atoms. The highest BCUT2D eigenvalue weighted by Crippen LogP contribution is 2.14. The second-order valence-corrected chi connectivity index (χ2v) is 6.49. The van der Waals surface area contributed by atoms with Crippen LogP contribution in [0, 0.1) is 0 Å². The first-order chi connectivity index (χ1) is 9.40. The van der Waals surface area contributed by atoms with Crippen molar-refractivity contribution >= 4 is 5.91 Å². The molecule has 20 heavy (non-hydrogen) atoms. The molecule has 4 nitrogen and oxygen atoms in total. The summed E-state index contributed by atoms with van der Waals surface area (Å²) >= 11 is 0. The molecule has 1 fully saturated rings. The second kappa shape index (κ2) is 7.99. The fourth-order valence-electron chi connectivity index (χ4n) is 3.23. The Bertz CT molecular complexity index is 296. The lowest BCUT2D eigenvalue weighted by Crippen LogP contribution is -2.59. The Morgan fingerprint density at radius 2 is 1.80 bits per heavy atom. The molecule has 0 radical (unpaired) electrons. The van der Waals surface area contributed by atoms with E-state index in [4.69, 9.17) is 0 Å². The van der Waals surface area contributed by atoms with Gasteiger partial charge in [0.25, 0.3) is 0 Å². The van der Waals surface area contributed by atoms with E-state index in [1.54, 1.807) is 0 Å². The van der Waals surface area contributed by atoms with Crippen molar-refractivity contribution in [2.24, 2.45) is 0 Å². The van der Waals surface area contributed by atoms with Gasteiger partial charge in [-0.15, -0.1) is 0 Å². The maximum absolute atomic E-state index is 12.6. The molecule has 0 aromatic rings. The van der Waals surface area contributed by atoms with Gasteiger partial charge in [0.05, 0.1) is 6.54 Å². The summed E-state index contributed by atoms with van der Waals surface area (Å²) in [5.41, 5.74) is 0. The zero-order valence-corrected chi connectivity index (χ0v) is 14.1. The maximum atomic E-state index is 12.6. The Morgan fingerprint density at radius 3 is 2.25 bits per heavy atom. The van der Waals surface area contributed by atoms with Crippen LogP contribution in [-0.4, -0.2) is 59.5 Å². The maximum Gasteiger partial charge on any atom is 0.237 e. The Hall–Kier alpha value is -0.610. The number of nitrogens with zero attached hydrogens (tertiary/aromatic N) is 2. The van der Waals surface area contributed by atoms with E-state index in [9.17, 15) is 4.79 Å². The fourth-order valence-corrected chi connectivity index (χ4v) is 3.23. The van der Waals surface area contributed by atoms with Gasteiger partial charge in [-0.3, -0.25) is 9.69 Å². The van der Waals surface area contributed by atoms with E-state index < -0.39 is 0 Å². The number of carbonyl (C=O) groups is 1. The predicted octanol–water partition coefficient (Wildman–Crippen LogP) is 2.09. The summed E-state index contributed by atoms with van der Waals surface area (Å²) in [5, 5.41) is 3.58. The lowest BCUT2D eigenvalue weighted by atomic mass is 10.0. The van der Waals surface area contributed by atoms with Crippen LogP contribution in [0.1, 0.15) is 54.4 Å². The smallest absolute Gasteiger partial charge is 0.237 e. The molecular weight excluding hydrogens is 250 g/mol. The third-order valence-electron chi connectivity index (χ3n) is 4.32. The predicted molar refractivity (Wildman–Crippen MR) is 84.9 cm³/mol. The minimum absolute atomic E-state index is 0.269. The van der Waals surface area contributed by atoms with Crippen molar-refractivity contribution in [2.75, 3.05) is 19.6 Å². The van der Waals surface area contributed by atoms with Crippen LogP contribution >= 0.6 is 0 Å². The van der Waals surface area contributed by atoms with Crippen LogP contribution in [0.3, 0.4) is 0 Å². The third-order valence-corrected chi connectivity index (χ3v) is 4.32. The monoisotopic (exact) mass is 283 g/mol. The van der Waals surface area contributed by atoms with Gasteiger partial charge in [0.1, 0.15) is 0 Å². The van der Waals surface area contributed by atoms with Crippen molar-refractivity contribution in [2.45, 2.75) is 78.6 Å². The van der Waals surface area contributed by atoms with Gasteiger partial charge >= 0.3 is 0 Å². The van der Waals surface area contributed by atoms with E-state index >= 15 is 0 Å². The van der Waals surface area contributed by atoms with E-state index in [2.05, 4.69) is 51.8 Å². The van der Waals surface area contributed by atoms with Crippen LogP contribution in [0.5, 0.6) is 0 Å². The minimum atomic E-state index is 0.269. The van der Waals surface area contributed by atoms with Crippen LogP contribution in [-0.2, 0) is 4.79 Å². The number of amides is 1. The molecule has 4 heteroatoms. The molecule has 118 valence electrons. The summed E-state index contributed by atoms with van der Waals surface area (Å²) in [4.78, 5) is 17.0. The fraction of sp³-hybridized carbons (Fsp3) is 0.938. The van der Waals surface area contributed by atoms with Crippen molar-refractivity contribution in [1.29, 1.82) is 0 Å². The third kappa shape index (κ3) is 4.45. The number of carbonyl (C=O) groups excluding carboxylic acids is 1. The second-order valence-electron chi connectivity index (χ2n) is 6.49. The van der Waals surface area contributed by atoms with Crippen LogP contribution in [0.15, 0.2) is 0 Å². The first-order valence-electron chi connectivity index (χ1n) is 8.19. The van der Waals surface area contributed by atoms with Gasteiger partial charge < -0.3 is 10.2 Å². The van der Waals surface area contributed by atoms with Crippen molar-refractivity contribution in [3.05, 3.63) is 0 Å². The first-order valence-corrected chi connectivity index (χ1v) is 8.19. The number of rotatable bonds is 6. The van der Waals surface area contributed by atoms with Crippen molar-refractivity contribution in [3.63, 3.8) is 0 Å². The quantitative estimate of drug-likeness (QED) is 0.811. The van der Waals surface area contributed by atoms with Gasteiger partial charge in [-0.2, -0.15) is 0 Å². The highest BCUT2D eigenvalue weighted by molar-refractivity contribution is 5.79. The summed E-state index contributed by atoms with van der Waals surface area (Å²) in [5.74, 6) is 0.269. The van der Waals surface area contributed by atoms with Crippen molar-refractivity contribution in [1.82, 2.24) is 15.1 Å². The molecule has 1 N–H and O–H groups in total. The molecule has 1 aliphatic rings. The first kappa shape index (κ1) is 17.4. The topological polar surface area (TPSA) is 35.6 Å². The SMILES string of the molecule is CCC1CN(CC(=O)N(C(C)C)C(C)C)C(CC)CN1. The van der Waals surface area contributed by atoms with Gasteiger partial charge in [-0.1, -0.05) is 13.8 Å². The molecule has 1 rings (SSSR count). The van der Waals surface area contributed by atoms with Crippen molar-refractivity contribution < 1.29 is 4.79 Å². The van der Waals surface area contributed by atoms with Crippen LogP contribution in [0.2, 0.25) is 0 Å². The van der Waals surface area contributed by atoms with E-state index in [0.29, 0.717) is 18.6 Å². The molecular formula is C16H33N3O. The normalized spacial score (nSPS) is 24.4. The molecule has 0 aromatic heterocycles. The molecule has 1 aliphatic heterocycles. The van der Waals surface area contributed by atoms with Gasteiger partial charge in [0.15, 0.2) is 0 Å². The Kier molecular flexibility index (Phi) is 6.96. The molecule has 0 bridgehead atoms. The summed E-state index contributed by atoms with van der Waals surface area (Å²) in [6.45, 7) is 15.4. The highest BCUT2D eigenvalue weighted by Gasteiger charge is 2.29. The van der Waals surface area contributed by atoms with Crippen LogP contribution in [0.25, 0.3) is 0 Å². The lowest BCUT2D eigenvalue weighted by molar-refractivity contribution is -0.137. The molecule has 2 unspecified atom stereocenters. The number of piperazine rings is 1. The van der Waals surface area contributed by atoms with Gasteiger partial charge in [-0.05, 0) is 40.5 Å². The molecule has 1 saturated heterocycles. The summed E-state index contributed by atoms with van der Waals surface area (Å²) < 4.78 is 0. The molecule has 0 aromatic carbocycles. The number of hydrogen-bond donors (Lipinski definition) is 1. The van der Waals surface area contributed by atoms with Gasteiger partial charge in [0, 0.05) is 37.3 Å². The molecule has 1 heterocycles. The number of hydrogen-bond acceptors (Lipinski definition) is 3. The van der Waals surface area contributed by atoms with Crippen molar-refractivity contribution in [3.8, 4) is 0 Å². The highest BCUT2D eigenvalue weighted by atomic mass is 16.2. The van der Waals surface area contributed by atoms with E-state index in [1.807, 2.05) is 4.90 Å². The lowest BCUT2D eigenvalue weighted by Gasteiger charge is -2.41. The zero-order valence-electron chi connectivity index (χ0n) is 14.1. The summed E-state index contributed by atoms with van der Waals surface area (Å²) in [7, 11) is 0. The standard InChI is InChI=1S/C16H33N3O/c1-7-14-10-18(15(8-2)9-17-14)11-16(20)19(12(3)4)13(5)6/h12-15,17H,7-11H2,1-6H3. The molecule has 2 atom stereocenters. The molecule has 0 saturated carbocycles. The Labute approximate surface area is 124 Å². The van der Waals surface area contributed by atoms with Gasteiger partial charge in [-0.25, -0.2) is 0 Å². The van der Waals surface area contributed by atoms with E-state index in [1.165, 1.54) is 0 Å². The Balaban J connectivity index is 2.69. The summed E-state index contributed by atoms with van der Waals surface area (Å²) in [6, 6.07) is 1.56. The zero-order chi connectivity index (χ0) is 15.3.